The van der Waals surface area contributed by atoms with Crippen LogP contribution in [-0.4, -0.2) is 40.7 Å². The van der Waals surface area contributed by atoms with Crippen LogP contribution in [0.4, 0.5) is 10.6 Å². The van der Waals surface area contributed by atoms with E-state index in [-0.39, 0.29) is 12.1 Å². The molecule has 3 rings (SSSR count). The van der Waals surface area contributed by atoms with Gasteiger partial charge in [-0.25, -0.2) is 9.78 Å². The van der Waals surface area contributed by atoms with E-state index in [4.69, 9.17) is 9.72 Å². The maximum absolute atomic E-state index is 13.3. The summed E-state index contributed by atoms with van der Waals surface area (Å²) in [6, 6.07) is 4.68. The van der Waals surface area contributed by atoms with E-state index in [1.54, 1.807) is 0 Å². The van der Waals surface area contributed by atoms with Gasteiger partial charge in [0.15, 0.2) is 0 Å². The van der Waals surface area contributed by atoms with Crippen molar-refractivity contribution < 1.29 is 9.53 Å². The van der Waals surface area contributed by atoms with E-state index in [1.807, 2.05) is 37.9 Å². The Kier molecular flexibility index (Phi) is 6.97. The first kappa shape index (κ1) is 21.1. The topological polar surface area (TPSA) is 45.7 Å². The minimum Gasteiger partial charge on any atom is -0.443 e. The van der Waals surface area contributed by atoms with Crippen LogP contribution in [0.5, 0.6) is 0 Å². The highest BCUT2D eigenvalue weighted by Gasteiger charge is 2.35. The average Bonchev–Trinajstić information content (AvgIpc) is 2.68. The summed E-state index contributed by atoms with van der Waals surface area (Å²) in [5, 5.41) is 0. The fourth-order valence-electron chi connectivity index (χ4n) is 4.65. The van der Waals surface area contributed by atoms with Crippen molar-refractivity contribution in [3.63, 3.8) is 0 Å². The molecule has 1 aliphatic carbocycles. The molecule has 1 aromatic heterocycles. The first-order valence-corrected chi connectivity index (χ1v) is 11.1. The third kappa shape index (κ3) is 5.05. The second-order valence-corrected chi connectivity index (χ2v) is 9.20. The van der Waals surface area contributed by atoms with E-state index in [0.29, 0.717) is 6.04 Å². The van der Waals surface area contributed by atoms with E-state index < -0.39 is 5.60 Å². The summed E-state index contributed by atoms with van der Waals surface area (Å²) in [6.45, 7) is 10.2. The van der Waals surface area contributed by atoms with Crippen LogP contribution in [0.15, 0.2) is 18.3 Å². The number of nitrogens with zero attached hydrogens (tertiary/aromatic N) is 3. The molecule has 5 nitrogen and oxygen atoms in total. The Balaban J connectivity index is 1.98. The minimum absolute atomic E-state index is 0.177. The summed E-state index contributed by atoms with van der Waals surface area (Å²) in [6.07, 6.45) is 10.8. The zero-order valence-corrected chi connectivity index (χ0v) is 18.1. The third-order valence-electron chi connectivity index (χ3n) is 5.95. The highest BCUT2D eigenvalue weighted by Crippen LogP contribution is 2.38. The Bertz CT molecular complexity index is 649. The van der Waals surface area contributed by atoms with Gasteiger partial charge in [-0.05, 0) is 65.6 Å². The van der Waals surface area contributed by atoms with Gasteiger partial charge in [0, 0.05) is 23.8 Å². The van der Waals surface area contributed by atoms with Crippen molar-refractivity contribution in [2.24, 2.45) is 0 Å². The first-order chi connectivity index (χ1) is 13.4. The normalized spacial score (nSPS) is 22.1. The highest BCUT2D eigenvalue weighted by molar-refractivity contribution is 5.88. The fourth-order valence-corrected chi connectivity index (χ4v) is 4.65. The van der Waals surface area contributed by atoms with Gasteiger partial charge in [0.1, 0.15) is 11.4 Å². The number of carbonyl (C=O) groups is 1. The monoisotopic (exact) mass is 387 g/mol. The third-order valence-corrected chi connectivity index (χ3v) is 5.95. The number of ether oxygens (including phenoxy) is 1. The summed E-state index contributed by atoms with van der Waals surface area (Å²) in [5.74, 6) is 0.814. The zero-order chi connectivity index (χ0) is 20.1. The molecule has 1 saturated heterocycles. The molecule has 1 atom stereocenters. The number of rotatable bonds is 4. The van der Waals surface area contributed by atoms with Crippen molar-refractivity contribution in [3.05, 3.63) is 23.9 Å². The first-order valence-electron chi connectivity index (χ1n) is 11.1. The van der Waals surface area contributed by atoms with Crippen LogP contribution < -0.4 is 4.90 Å². The van der Waals surface area contributed by atoms with Crippen LogP contribution in [0.3, 0.4) is 0 Å². The summed E-state index contributed by atoms with van der Waals surface area (Å²) >= 11 is 0. The summed E-state index contributed by atoms with van der Waals surface area (Å²) in [4.78, 5) is 22.5. The molecule has 2 fully saturated rings. The number of hydrogen-bond acceptors (Lipinski definition) is 4. The maximum atomic E-state index is 13.3. The molecule has 0 radical (unpaired) electrons. The van der Waals surface area contributed by atoms with Gasteiger partial charge in [0.05, 0.1) is 0 Å². The second kappa shape index (κ2) is 9.25. The van der Waals surface area contributed by atoms with Crippen molar-refractivity contribution in [3.8, 4) is 0 Å². The van der Waals surface area contributed by atoms with Gasteiger partial charge in [-0.1, -0.05) is 38.7 Å². The van der Waals surface area contributed by atoms with E-state index in [2.05, 4.69) is 17.9 Å². The smallest absolute Gasteiger partial charge is 0.416 e. The standard InChI is InChI=1S/C23H37N3O2/c1-5-25-17-10-9-15-20(25)19-14-11-16-24-21(19)26(18-12-7-6-8-13-18)22(27)28-23(2,3)4/h11,14,16,18,20H,5-10,12-13,15,17H2,1-4H3/t20-/m0/s1. The molecule has 1 aliphatic heterocycles. The average molecular weight is 388 g/mol. The van der Waals surface area contributed by atoms with Crippen molar-refractivity contribution in [1.82, 2.24) is 9.88 Å². The van der Waals surface area contributed by atoms with Crippen LogP contribution in [-0.2, 0) is 4.74 Å². The molecule has 0 aromatic carbocycles. The highest BCUT2D eigenvalue weighted by atomic mass is 16.6. The van der Waals surface area contributed by atoms with Crippen LogP contribution >= 0.6 is 0 Å². The van der Waals surface area contributed by atoms with Gasteiger partial charge in [-0.3, -0.25) is 9.80 Å². The van der Waals surface area contributed by atoms with Crippen LogP contribution in [0.1, 0.15) is 90.7 Å². The number of piperidine rings is 1. The molecule has 0 bridgehead atoms. The lowest BCUT2D eigenvalue weighted by Gasteiger charge is -2.39. The lowest BCUT2D eigenvalue weighted by Crippen LogP contribution is -2.46. The van der Waals surface area contributed by atoms with Gasteiger partial charge in [0.2, 0.25) is 0 Å². The molecule has 2 aliphatic rings. The number of carbonyl (C=O) groups excluding carboxylic acids is 1. The molecule has 0 N–H and O–H groups in total. The van der Waals surface area contributed by atoms with Crippen molar-refractivity contribution in [2.75, 3.05) is 18.0 Å². The number of pyridine rings is 1. The van der Waals surface area contributed by atoms with Crippen LogP contribution in [0.2, 0.25) is 0 Å². The SMILES string of the molecule is CCN1CCCC[C@H]1c1cccnc1N(C(=O)OC(C)(C)C)C1CCCCC1. The fraction of sp³-hybridized carbons (Fsp3) is 0.739. The number of likely N-dealkylation sites (tertiary alicyclic amines) is 1. The van der Waals surface area contributed by atoms with Gasteiger partial charge in [-0.2, -0.15) is 0 Å². The lowest BCUT2D eigenvalue weighted by molar-refractivity contribution is 0.0555. The molecule has 0 unspecified atom stereocenters. The molecular weight excluding hydrogens is 350 g/mol. The summed E-state index contributed by atoms with van der Waals surface area (Å²) in [7, 11) is 0. The molecule has 1 aromatic rings. The largest absolute Gasteiger partial charge is 0.443 e. The molecule has 5 heteroatoms. The van der Waals surface area contributed by atoms with Gasteiger partial charge in [-0.15, -0.1) is 0 Å². The Morgan fingerprint density at radius 1 is 1.18 bits per heavy atom. The minimum atomic E-state index is -0.515. The lowest BCUT2D eigenvalue weighted by atomic mass is 9.92. The van der Waals surface area contributed by atoms with Gasteiger partial charge in [0.25, 0.3) is 0 Å². The van der Waals surface area contributed by atoms with E-state index in [0.717, 1.165) is 51.0 Å². The molecular formula is C23H37N3O2. The molecule has 156 valence electrons. The Hall–Kier alpha value is -1.62. The summed E-state index contributed by atoms with van der Waals surface area (Å²) in [5.41, 5.74) is 0.666. The Labute approximate surface area is 170 Å². The van der Waals surface area contributed by atoms with Crippen LogP contribution in [0.25, 0.3) is 0 Å². The zero-order valence-electron chi connectivity index (χ0n) is 18.1. The number of aromatic nitrogens is 1. The Morgan fingerprint density at radius 2 is 1.89 bits per heavy atom. The van der Waals surface area contributed by atoms with E-state index >= 15 is 0 Å². The predicted molar refractivity (Wildman–Crippen MR) is 114 cm³/mol. The van der Waals surface area contributed by atoms with E-state index in [9.17, 15) is 4.79 Å². The van der Waals surface area contributed by atoms with Crippen molar-refractivity contribution in [1.29, 1.82) is 0 Å². The Morgan fingerprint density at radius 3 is 2.57 bits per heavy atom. The molecule has 1 saturated carbocycles. The van der Waals surface area contributed by atoms with Crippen LogP contribution in [0, 0.1) is 0 Å². The predicted octanol–water partition coefficient (Wildman–Crippen LogP) is 5.70. The maximum Gasteiger partial charge on any atom is 0.416 e. The van der Waals surface area contributed by atoms with E-state index in [1.165, 1.54) is 24.8 Å². The second-order valence-electron chi connectivity index (χ2n) is 9.20. The molecule has 2 heterocycles. The molecule has 1 amide bonds. The number of hydrogen-bond donors (Lipinski definition) is 0. The molecule has 0 spiro atoms. The van der Waals surface area contributed by atoms with Gasteiger partial charge < -0.3 is 4.74 Å². The van der Waals surface area contributed by atoms with Crippen molar-refractivity contribution >= 4 is 11.9 Å². The van der Waals surface area contributed by atoms with Gasteiger partial charge >= 0.3 is 6.09 Å². The number of amides is 1. The summed E-state index contributed by atoms with van der Waals surface area (Å²) < 4.78 is 5.84. The molecule has 28 heavy (non-hydrogen) atoms. The number of anilines is 1. The quantitative estimate of drug-likeness (QED) is 0.664. The van der Waals surface area contributed by atoms with Crippen molar-refractivity contribution in [2.45, 2.75) is 96.7 Å².